The maximum absolute atomic E-state index is 13.7. The van der Waals surface area contributed by atoms with Crippen molar-refractivity contribution in [3.05, 3.63) is 75.3 Å². The van der Waals surface area contributed by atoms with Gasteiger partial charge < -0.3 is 10.6 Å². The SMILES string of the molecule is Cc1ccc(C(/C=C/c2ccc(C(=O)N[C@H](C)C(=O)NCC(F)(F)F)c(C(F)(F)F)c2)C(F)(F)F)cc1Cl. The average molecular weight is 575 g/mol. The van der Waals surface area contributed by atoms with E-state index in [1.54, 1.807) is 6.92 Å². The largest absolute Gasteiger partial charge is 0.417 e. The van der Waals surface area contributed by atoms with Gasteiger partial charge in [0.15, 0.2) is 0 Å². The summed E-state index contributed by atoms with van der Waals surface area (Å²) in [7, 11) is 0. The van der Waals surface area contributed by atoms with E-state index >= 15 is 0 Å². The quantitative estimate of drug-likeness (QED) is 0.357. The minimum atomic E-state index is -5.13. The van der Waals surface area contributed by atoms with Crippen LogP contribution < -0.4 is 10.6 Å². The summed E-state index contributed by atoms with van der Waals surface area (Å²) in [6.45, 7) is 0.827. The van der Waals surface area contributed by atoms with Crippen LogP contribution in [0.5, 0.6) is 0 Å². The fourth-order valence-electron chi connectivity index (χ4n) is 3.20. The summed E-state index contributed by atoms with van der Waals surface area (Å²) in [5.74, 6) is -4.92. The summed E-state index contributed by atoms with van der Waals surface area (Å²) in [4.78, 5) is 24.1. The molecule has 4 nitrogen and oxygen atoms in total. The second kappa shape index (κ2) is 11.7. The second-order valence-corrected chi connectivity index (χ2v) is 8.63. The third-order valence-electron chi connectivity index (χ3n) is 5.19. The lowest BCUT2D eigenvalue weighted by Crippen LogP contribution is -2.47. The van der Waals surface area contributed by atoms with Gasteiger partial charge in [0.2, 0.25) is 5.91 Å². The highest BCUT2D eigenvalue weighted by atomic mass is 35.5. The fraction of sp³-hybridized carbons (Fsp3) is 0.333. The van der Waals surface area contributed by atoms with E-state index in [9.17, 15) is 49.1 Å². The number of carbonyl (C=O) groups is 2. The molecule has 0 heterocycles. The van der Waals surface area contributed by atoms with E-state index in [4.69, 9.17) is 11.6 Å². The smallest absolute Gasteiger partial charge is 0.345 e. The molecular weight excluding hydrogens is 555 g/mol. The predicted molar refractivity (Wildman–Crippen MR) is 121 cm³/mol. The Hall–Kier alpha value is -3.22. The topological polar surface area (TPSA) is 58.2 Å². The molecule has 14 heteroatoms. The maximum Gasteiger partial charge on any atom is 0.417 e. The van der Waals surface area contributed by atoms with Crippen LogP contribution in [0, 0.1) is 6.92 Å². The Morgan fingerprint density at radius 2 is 1.61 bits per heavy atom. The van der Waals surface area contributed by atoms with Crippen molar-refractivity contribution in [2.75, 3.05) is 6.54 Å². The normalized spacial score (nSPS) is 14.3. The molecule has 1 unspecified atom stereocenters. The third kappa shape index (κ3) is 8.67. The number of hydrogen-bond donors (Lipinski definition) is 2. The first-order valence-electron chi connectivity index (χ1n) is 10.7. The molecule has 0 fully saturated rings. The molecule has 0 aliphatic carbocycles. The van der Waals surface area contributed by atoms with Gasteiger partial charge in [-0.05, 0) is 48.7 Å². The maximum atomic E-state index is 13.7. The van der Waals surface area contributed by atoms with E-state index in [0.29, 0.717) is 23.8 Å². The first kappa shape index (κ1) is 31.0. The molecule has 2 aromatic carbocycles. The van der Waals surface area contributed by atoms with Crippen LogP contribution in [0.15, 0.2) is 42.5 Å². The highest BCUT2D eigenvalue weighted by Crippen LogP contribution is 2.38. The van der Waals surface area contributed by atoms with Crippen LogP contribution in [0.2, 0.25) is 5.02 Å². The number of nitrogens with one attached hydrogen (secondary N) is 2. The van der Waals surface area contributed by atoms with Crippen LogP contribution in [0.3, 0.4) is 0 Å². The number of benzene rings is 2. The molecule has 0 bridgehead atoms. The Morgan fingerprint density at radius 3 is 2.13 bits per heavy atom. The molecule has 2 amide bonds. The van der Waals surface area contributed by atoms with Crippen molar-refractivity contribution in [1.29, 1.82) is 0 Å². The van der Waals surface area contributed by atoms with Crippen molar-refractivity contribution in [2.45, 2.75) is 44.3 Å². The van der Waals surface area contributed by atoms with Gasteiger partial charge in [-0.25, -0.2) is 0 Å². The lowest BCUT2D eigenvalue weighted by Gasteiger charge is -2.19. The zero-order chi connectivity index (χ0) is 29.1. The number of halogens is 10. The molecule has 2 rings (SSSR count). The van der Waals surface area contributed by atoms with Crippen molar-refractivity contribution in [3.63, 3.8) is 0 Å². The minimum Gasteiger partial charge on any atom is -0.345 e. The second-order valence-electron chi connectivity index (χ2n) is 8.22. The fourth-order valence-corrected chi connectivity index (χ4v) is 3.39. The summed E-state index contributed by atoms with van der Waals surface area (Å²) in [6, 6.07) is 4.09. The van der Waals surface area contributed by atoms with Crippen molar-refractivity contribution in [1.82, 2.24) is 10.6 Å². The van der Waals surface area contributed by atoms with Gasteiger partial charge in [-0.1, -0.05) is 42.0 Å². The summed E-state index contributed by atoms with van der Waals surface area (Å²) >= 11 is 5.91. The van der Waals surface area contributed by atoms with Crippen molar-refractivity contribution in [2.24, 2.45) is 0 Å². The van der Waals surface area contributed by atoms with Crippen LogP contribution in [-0.2, 0) is 11.0 Å². The zero-order valence-electron chi connectivity index (χ0n) is 19.6. The molecule has 0 aliphatic rings. The van der Waals surface area contributed by atoms with Gasteiger partial charge in [0.25, 0.3) is 5.91 Å². The lowest BCUT2D eigenvalue weighted by atomic mass is 9.95. The first-order chi connectivity index (χ1) is 17.3. The summed E-state index contributed by atoms with van der Waals surface area (Å²) in [6.07, 6.45) is -13.2. The summed E-state index contributed by atoms with van der Waals surface area (Å²) in [5.41, 5.74) is -2.55. The van der Waals surface area contributed by atoms with E-state index in [2.05, 4.69) is 0 Å². The Morgan fingerprint density at radius 1 is 0.974 bits per heavy atom. The van der Waals surface area contributed by atoms with Crippen LogP contribution in [0.1, 0.15) is 45.5 Å². The van der Waals surface area contributed by atoms with Crippen LogP contribution in [0.25, 0.3) is 6.08 Å². The van der Waals surface area contributed by atoms with Gasteiger partial charge in [0.05, 0.1) is 17.0 Å². The zero-order valence-corrected chi connectivity index (χ0v) is 20.3. The van der Waals surface area contributed by atoms with Gasteiger partial charge in [0.1, 0.15) is 12.6 Å². The molecule has 2 atom stereocenters. The molecule has 0 spiro atoms. The molecule has 2 aromatic rings. The van der Waals surface area contributed by atoms with Gasteiger partial charge in [-0.15, -0.1) is 0 Å². The highest BCUT2D eigenvalue weighted by Gasteiger charge is 2.39. The number of carbonyl (C=O) groups excluding carboxylic acids is 2. The summed E-state index contributed by atoms with van der Waals surface area (Å²) < 4.78 is 119. The molecule has 208 valence electrons. The van der Waals surface area contributed by atoms with Crippen molar-refractivity contribution >= 4 is 29.5 Å². The molecule has 0 saturated heterocycles. The standard InChI is InChI=1S/C24H20ClF9N2O2/c1-12-3-6-15(10-19(12)25)17(23(29,30)31)8-5-14-4-7-16(18(9-14)24(32,33)34)21(38)36-13(2)20(37)35-11-22(26,27)28/h3-10,13,17H,11H2,1-2H3,(H,35,37)(H,36,38)/b8-5+/t13-,17?/m1/s1. The number of allylic oxidation sites excluding steroid dienone is 1. The van der Waals surface area contributed by atoms with E-state index in [1.165, 1.54) is 17.4 Å². The Kier molecular flexibility index (Phi) is 9.52. The molecule has 0 aliphatic heterocycles. The van der Waals surface area contributed by atoms with Crippen molar-refractivity contribution in [3.8, 4) is 0 Å². The Labute approximate surface area is 215 Å². The van der Waals surface area contributed by atoms with E-state index in [0.717, 1.165) is 25.1 Å². The average Bonchev–Trinajstić information content (AvgIpc) is 2.77. The van der Waals surface area contributed by atoms with Gasteiger partial charge in [-0.3, -0.25) is 9.59 Å². The Balaban J connectivity index is 2.34. The van der Waals surface area contributed by atoms with E-state index in [1.807, 2.05) is 5.32 Å². The predicted octanol–water partition coefficient (Wildman–Crippen LogP) is 6.82. The molecular formula is C24H20ClF9N2O2. The molecule has 38 heavy (non-hydrogen) atoms. The Bertz CT molecular complexity index is 1200. The van der Waals surface area contributed by atoms with Gasteiger partial charge in [0, 0.05) is 5.02 Å². The highest BCUT2D eigenvalue weighted by molar-refractivity contribution is 6.31. The minimum absolute atomic E-state index is 0.0705. The number of rotatable bonds is 7. The number of aryl methyl sites for hydroxylation is 1. The lowest BCUT2D eigenvalue weighted by molar-refractivity contribution is -0.139. The molecule has 0 saturated carbocycles. The van der Waals surface area contributed by atoms with Crippen LogP contribution >= 0.6 is 11.6 Å². The molecule has 0 aromatic heterocycles. The number of hydrogen-bond acceptors (Lipinski definition) is 2. The number of amides is 2. The van der Waals surface area contributed by atoms with E-state index < -0.39 is 60.0 Å². The first-order valence-corrected chi connectivity index (χ1v) is 11.0. The van der Waals surface area contributed by atoms with Gasteiger partial charge >= 0.3 is 18.5 Å². The third-order valence-corrected chi connectivity index (χ3v) is 5.59. The van der Waals surface area contributed by atoms with Crippen molar-refractivity contribution < 1.29 is 49.1 Å². The van der Waals surface area contributed by atoms with E-state index in [-0.39, 0.29) is 16.1 Å². The van der Waals surface area contributed by atoms with Crippen LogP contribution in [-0.4, -0.2) is 36.8 Å². The molecule has 0 radical (unpaired) electrons. The molecule has 2 N–H and O–H groups in total. The monoisotopic (exact) mass is 574 g/mol. The van der Waals surface area contributed by atoms with Gasteiger partial charge in [-0.2, -0.15) is 39.5 Å². The van der Waals surface area contributed by atoms with Crippen LogP contribution in [0.4, 0.5) is 39.5 Å². The summed E-state index contributed by atoms with van der Waals surface area (Å²) in [5, 5.41) is 3.42. The number of alkyl halides is 9.